The molecule has 0 N–H and O–H groups in total. The summed E-state index contributed by atoms with van der Waals surface area (Å²) in [5, 5.41) is 0. The molecule has 1 saturated heterocycles. The minimum atomic E-state index is 0.825. The van der Waals surface area contributed by atoms with E-state index in [4.69, 9.17) is 0 Å². The third-order valence-electron chi connectivity index (χ3n) is 5.04. The lowest BCUT2D eigenvalue weighted by Crippen LogP contribution is -2.43. The third kappa shape index (κ3) is 3.71. The highest BCUT2D eigenvalue weighted by molar-refractivity contribution is 4.82. The first-order valence-electron chi connectivity index (χ1n) is 7.78. The molecular formula is C16H31N. The van der Waals surface area contributed by atoms with E-state index in [1.165, 1.54) is 45.2 Å². The Balaban J connectivity index is 1.83. The van der Waals surface area contributed by atoms with E-state index in [2.05, 4.69) is 32.6 Å². The first-order chi connectivity index (χ1) is 8.04. The van der Waals surface area contributed by atoms with Crippen LogP contribution < -0.4 is 0 Å². The molecule has 1 nitrogen and oxygen atoms in total. The summed E-state index contributed by atoms with van der Waals surface area (Å²) in [5.74, 6) is 3.85. The number of hydrogen-bond donors (Lipinski definition) is 0. The predicted molar refractivity (Wildman–Crippen MR) is 75.1 cm³/mol. The number of nitrogens with zero attached hydrogens (tertiary/aromatic N) is 1. The number of rotatable bonds is 2. The largest absolute Gasteiger partial charge is 0.300 e. The summed E-state index contributed by atoms with van der Waals surface area (Å²) in [5.41, 5.74) is 0. The van der Waals surface area contributed by atoms with E-state index in [0.717, 1.165) is 29.7 Å². The van der Waals surface area contributed by atoms with Gasteiger partial charge >= 0.3 is 0 Å². The van der Waals surface area contributed by atoms with Crippen LogP contribution in [0.4, 0.5) is 0 Å². The molecule has 1 aliphatic carbocycles. The summed E-state index contributed by atoms with van der Waals surface area (Å²) in [6, 6.07) is 0.825. The second-order valence-corrected chi connectivity index (χ2v) is 7.26. The van der Waals surface area contributed by atoms with Gasteiger partial charge in [-0.2, -0.15) is 0 Å². The summed E-state index contributed by atoms with van der Waals surface area (Å²) in [4.78, 5) is 2.77. The molecule has 0 aromatic carbocycles. The first kappa shape index (κ1) is 13.4. The molecule has 0 spiro atoms. The van der Waals surface area contributed by atoms with Crippen molar-refractivity contribution >= 4 is 0 Å². The van der Waals surface area contributed by atoms with Gasteiger partial charge in [0.2, 0.25) is 0 Å². The normalized spacial score (nSPS) is 44.8. The predicted octanol–water partition coefficient (Wildman–Crippen LogP) is 4.18. The summed E-state index contributed by atoms with van der Waals surface area (Å²) in [7, 11) is 0. The highest BCUT2D eigenvalue weighted by Crippen LogP contribution is 2.34. The average Bonchev–Trinajstić information content (AvgIpc) is 2.21. The SMILES string of the molecule is CC1CC(C)CC(CN2CCC(C)CC2C)C1. The zero-order valence-electron chi connectivity index (χ0n) is 12.3. The second kappa shape index (κ2) is 5.73. The van der Waals surface area contributed by atoms with E-state index < -0.39 is 0 Å². The lowest BCUT2D eigenvalue weighted by atomic mass is 9.76. The van der Waals surface area contributed by atoms with Crippen LogP contribution in [0, 0.1) is 23.7 Å². The number of piperidine rings is 1. The maximum atomic E-state index is 2.77. The summed E-state index contributed by atoms with van der Waals surface area (Å²) in [6.45, 7) is 12.5. The monoisotopic (exact) mass is 237 g/mol. The molecular weight excluding hydrogens is 206 g/mol. The highest BCUT2D eigenvalue weighted by Gasteiger charge is 2.29. The van der Waals surface area contributed by atoms with Gasteiger partial charge in [0.05, 0.1) is 0 Å². The van der Waals surface area contributed by atoms with E-state index in [9.17, 15) is 0 Å². The van der Waals surface area contributed by atoms with Crippen LogP contribution >= 0.6 is 0 Å². The molecule has 0 amide bonds. The van der Waals surface area contributed by atoms with Crippen molar-refractivity contribution in [2.24, 2.45) is 23.7 Å². The molecule has 17 heavy (non-hydrogen) atoms. The quantitative estimate of drug-likeness (QED) is 0.696. The van der Waals surface area contributed by atoms with Gasteiger partial charge in [0.15, 0.2) is 0 Å². The van der Waals surface area contributed by atoms with E-state index >= 15 is 0 Å². The summed E-state index contributed by atoms with van der Waals surface area (Å²) in [6.07, 6.45) is 7.25. The van der Waals surface area contributed by atoms with Gasteiger partial charge in [-0.25, -0.2) is 0 Å². The van der Waals surface area contributed by atoms with E-state index in [-0.39, 0.29) is 0 Å². The molecule has 1 saturated carbocycles. The van der Waals surface area contributed by atoms with Crippen LogP contribution in [0.3, 0.4) is 0 Å². The fraction of sp³-hybridized carbons (Fsp3) is 1.00. The number of hydrogen-bond acceptors (Lipinski definition) is 1. The van der Waals surface area contributed by atoms with Crippen LogP contribution in [-0.4, -0.2) is 24.0 Å². The van der Waals surface area contributed by atoms with Crippen molar-refractivity contribution in [3.8, 4) is 0 Å². The van der Waals surface area contributed by atoms with Crippen LogP contribution in [0.1, 0.15) is 59.8 Å². The zero-order chi connectivity index (χ0) is 12.4. The molecule has 2 aliphatic rings. The van der Waals surface area contributed by atoms with Crippen molar-refractivity contribution < 1.29 is 0 Å². The van der Waals surface area contributed by atoms with Crippen molar-refractivity contribution in [1.82, 2.24) is 4.90 Å². The fourth-order valence-electron chi connectivity index (χ4n) is 4.32. The minimum Gasteiger partial charge on any atom is -0.300 e. The Bertz CT molecular complexity index is 228. The Hall–Kier alpha value is -0.0400. The maximum Gasteiger partial charge on any atom is 0.00695 e. The molecule has 0 aromatic heterocycles. The molecule has 0 bridgehead atoms. The van der Waals surface area contributed by atoms with E-state index in [1.807, 2.05) is 0 Å². The average molecular weight is 237 g/mol. The Kier molecular flexibility index (Phi) is 4.52. The molecule has 2 rings (SSSR count). The summed E-state index contributed by atoms with van der Waals surface area (Å²) >= 11 is 0. The highest BCUT2D eigenvalue weighted by atomic mass is 15.2. The maximum absolute atomic E-state index is 2.77. The minimum absolute atomic E-state index is 0.825. The molecule has 2 fully saturated rings. The van der Waals surface area contributed by atoms with Gasteiger partial charge < -0.3 is 4.90 Å². The van der Waals surface area contributed by atoms with Crippen molar-refractivity contribution in [2.45, 2.75) is 65.8 Å². The Morgan fingerprint density at radius 1 is 0.824 bits per heavy atom. The van der Waals surface area contributed by atoms with Crippen LogP contribution in [0.2, 0.25) is 0 Å². The van der Waals surface area contributed by atoms with Gasteiger partial charge in [0.25, 0.3) is 0 Å². The van der Waals surface area contributed by atoms with Crippen LogP contribution in [0.25, 0.3) is 0 Å². The van der Waals surface area contributed by atoms with Gasteiger partial charge in [-0.1, -0.05) is 20.8 Å². The summed E-state index contributed by atoms with van der Waals surface area (Å²) < 4.78 is 0. The van der Waals surface area contributed by atoms with E-state index in [1.54, 1.807) is 0 Å². The van der Waals surface area contributed by atoms with Crippen LogP contribution in [0.5, 0.6) is 0 Å². The topological polar surface area (TPSA) is 3.24 Å². The molecule has 0 aromatic rings. The standard InChI is InChI=1S/C16H31N/c1-12-5-6-17(15(4)8-12)11-16-9-13(2)7-14(3)10-16/h12-16H,5-11H2,1-4H3. The van der Waals surface area contributed by atoms with Crippen molar-refractivity contribution in [2.75, 3.05) is 13.1 Å². The van der Waals surface area contributed by atoms with Gasteiger partial charge in [0.1, 0.15) is 0 Å². The van der Waals surface area contributed by atoms with Crippen molar-refractivity contribution in [1.29, 1.82) is 0 Å². The smallest absolute Gasteiger partial charge is 0.00695 e. The Labute approximate surface area is 108 Å². The van der Waals surface area contributed by atoms with E-state index in [0.29, 0.717) is 0 Å². The Morgan fingerprint density at radius 2 is 1.47 bits per heavy atom. The lowest BCUT2D eigenvalue weighted by Gasteiger charge is -2.41. The van der Waals surface area contributed by atoms with Gasteiger partial charge in [0, 0.05) is 12.6 Å². The number of likely N-dealkylation sites (tertiary alicyclic amines) is 1. The zero-order valence-corrected chi connectivity index (χ0v) is 12.3. The van der Waals surface area contributed by atoms with Gasteiger partial charge in [-0.3, -0.25) is 0 Å². The van der Waals surface area contributed by atoms with Gasteiger partial charge in [-0.15, -0.1) is 0 Å². The lowest BCUT2D eigenvalue weighted by molar-refractivity contribution is 0.0837. The van der Waals surface area contributed by atoms with Gasteiger partial charge in [-0.05, 0) is 69.2 Å². The molecule has 1 heterocycles. The molecule has 4 unspecified atom stereocenters. The van der Waals surface area contributed by atoms with Crippen molar-refractivity contribution in [3.05, 3.63) is 0 Å². The molecule has 100 valence electrons. The van der Waals surface area contributed by atoms with Crippen LogP contribution in [0.15, 0.2) is 0 Å². The molecule has 4 atom stereocenters. The first-order valence-corrected chi connectivity index (χ1v) is 7.78. The molecule has 1 aliphatic heterocycles. The van der Waals surface area contributed by atoms with Crippen LogP contribution in [-0.2, 0) is 0 Å². The Morgan fingerprint density at radius 3 is 2.06 bits per heavy atom. The molecule has 1 heteroatoms. The fourth-order valence-corrected chi connectivity index (χ4v) is 4.32. The third-order valence-corrected chi connectivity index (χ3v) is 5.04. The van der Waals surface area contributed by atoms with Crippen molar-refractivity contribution in [3.63, 3.8) is 0 Å². The second-order valence-electron chi connectivity index (χ2n) is 7.26. The molecule has 0 radical (unpaired) electrons.